The lowest BCUT2D eigenvalue weighted by molar-refractivity contribution is 0.200. The van der Waals surface area contributed by atoms with Gasteiger partial charge in [-0.25, -0.2) is 4.68 Å². The van der Waals surface area contributed by atoms with Crippen molar-refractivity contribution in [2.24, 2.45) is 5.73 Å². The molecule has 1 aliphatic rings. The van der Waals surface area contributed by atoms with Crippen molar-refractivity contribution in [1.82, 2.24) is 9.78 Å². The van der Waals surface area contributed by atoms with Gasteiger partial charge in [0.25, 0.3) is 0 Å². The number of nitrogens with zero attached hydrogens (tertiary/aromatic N) is 2. The standard InChI is InChI=1S/C6H9N3O3S/c7-4-2-9-6(12-3-4)5(1-8-9)13(10)11/h1,4H,2-3,7H2,(H,10,11)/p-1/t4-/m1/s1. The second-order valence-corrected chi connectivity index (χ2v) is 3.71. The minimum atomic E-state index is -2.30. The van der Waals surface area contributed by atoms with Gasteiger partial charge in [0.1, 0.15) is 11.5 Å². The van der Waals surface area contributed by atoms with Crippen molar-refractivity contribution in [3.8, 4) is 5.88 Å². The molecule has 1 aromatic heterocycles. The number of ether oxygens (including phenoxy) is 1. The Morgan fingerprint density at radius 1 is 1.85 bits per heavy atom. The van der Waals surface area contributed by atoms with Crippen LogP contribution in [0.3, 0.4) is 0 Å². The molecule has 2 atom stereocenters. The van der Waals surface area contributed by atoms with Crippen LogP contribution in [0.5, 0.6) is 5.88 Å². The molecule has 0 saturated heterocycles. The maximum Gasteiger partial charge on any atom is 0.227 e. The molecule has 1 aliphatic heterocycles. The molecule has 2 N–H and O–H groups in total. The maximum absolute atomic E-state index is 10.7. The van der Waals surface area contributed by atoms with Crippen LogP contribution in [0.2, 0.25) is 0 Å². The summed E-state index contributed by atoms with van der Waals surface area (Å²) >= 11 is -2.30. The number of fused-ring (bicyclic) bond motifs is 1. The van der Waals surface area contributed by atoms with Crippen LogP contribution in [0.15, 0.2) is 11.1 Å². The number of nitrogens with two attached hydrogens (primary N) is 1. The molecule has 72 valence electrons. The second kappa shape index (κ2) is 3.09. The Hall–Kier alpha value is -0.920. The lowest BCUT2D eigenvalue weighted by Crippen LogP contribution is -2.37. The molecule has 0 aliphatic carbocycles. The van der Waals surface area contributed by atoms with Gasteiger partial charge in [-0.1, -0.05) is 0 Å². The normalized spacial score (nSPS) is 23.4. The molecule has 2 rings (SSSR count). The number of aromatic nitrogens is 2. The monoisotopic (exact) mass is 202 g/mol. The average molecular weight is 202 g/mol. The third kappa shape index (κ3) is 1.45. The van der Waals surface area contributed by atoms with Crippen molar-refractivity contribution in [2.75, 3.05) is 6.61 Å². The minimum absolute atomic E-state index is 0.0897. The van der Waals surface area contributed by atoms with Crippen LogP contribution in [0.25, 0.3) is 0 Å². The van der Waals surface area contributed by atoms with Crippen LogP contribution in [0.4, 0.5) is 0 Å². The molecule has 0 amide bonds. The van der Waals surface area contributed by atoms with Crippen LogP contribution in [-0.2, 0) is 17.6 Å². The van der Waals surface area contributed by atoms with Crippen molar-refractivity contribution in [2.45, 2.75) is 17.5 Å². The summed E-state index contributed by atoms with van der Waals surface area (Å²) < 4.78 is 27.9. The van der Waals surface area contributed by atoms with Gasteiger partial charge < -0.3 is 15.0 Å². The third-order valence-electron chi connectivity index (χ3n) is 1.78. The van der Waals surface area contributed by atoms with Gasteiger partial charge in [0, 0.05) is 0 Å². The van der Waals surface area contributed by atoms with Crippen LogP contribution in [0.1, 0.15) is 0 Å². The number of hydrogen-bond acceptors (Lipinski definition) is 5. The summed E-state index contributed by atoms with van der Waals surface area (Å²) in [5, 5.41) is 3.85. The van der Waals surface area contributed by atoms with Gasteiger partial charge in [0.15, 0.2) is 0 Å². The highest BCUT2D eigenvalue weighted by molar-refractivity contribution is 7.79. The van der Waals surface area contributed by atoms with Crippen molar-refractivity contribution >= 4 is 11.1 Å². The van der Waals surface area contributed by atoms with Crippen LogP contribution in [0, 0.1) is 0 Å². The highest BCUT2D eigenvalue weighted by Gasteiger charge is 2.20. The summed E-state index contributed by atoms with van der Waals surface area (Å²) in [5.41, 5.74) is 5.60. The molecule has 0 bridgehead atoms. The van der Waals surface area contributed by atoms with E-state index in [1.54, 1.807) is 0 Å². The van der Waals surface area contributed by atoms with E-state index in [1.165, 1.54) is 10.9 Å². The zero-order valence-corrected chi connectivity index (χ0v) is 7.49. The number of hydrogen-bond donors (Lipinski definition) is 1. The smallest absolute Gasteiger partial charge is 0.227 e. The Balaban J connectivity index is 2.39. The molecule has 1 aromatic rings. The molecule has 0 spiro atoms. The first-order chi connectivity index (χ1) is 6.18. The molecule has 2 heterocycles. The summed E-state index contributed by atoms with van der Waals surface area (Å²) in [6.45, 7) is 0.822. The molecule has 13 heavy (non-hydrogen) atoms. The Morgan fingerprint density at radius 2 is 2.62 bits per heavy atom. The fraction of sp³-hybridized carbons (Fsp3) is 0.500. The maximum atomic E-state index is 10.7. The second-order valence-electron chi connectivity index (χ2n) is 2.80. The van der Waals surface area contributed by atoms with Crippen molar-refractivity contribution in [3.05, 3.63) is 6.20 Å². The van der Waals surface area contributed by atoms with Crippen LogP contribution in [-0.4, -0.2) is 31.2 Å². The fourth-order valence-electron chi connectivity index (χ4n) is 1.21. The van der Waals surface area contributed by atoms with Gasteiger partial charge in [0.2, 0.25) is 5.88 Å². The highest BCUT2D eigenvalue weighted by atomic mass is 32.2. The molecule has 0 fully saturated rings. The SMILES string of the molecule is N[C@H]1COc2c(S(=O)[O-])cnn2C1. The first kappa shape index (κ1) is 8.67. The van der Waals surface area contributed by atoms with Gasteiger partial charge in [-0.2, -0.15) is 5.10 Å². The summed E-state index contributed by atoms with van der Waals surface area (Å²) in [6, 6.07) is -0.125. The summed E-state index contributed by atoms with van der Waals surface area (Å²) in [7, 11) is 0. The molecule has 0 saturated carbocycles. The first-order valence-corrected chi connectivity index (χ1v) is 4.79. The predicted molar refractivity (Wildman–Crippen MR) is 42.9 cm³/mol. The van der Waals surface area contributed by atoms with Gasteiger partial charge in [-0.05, 0) is 11.1 Å². The van der Waals surface area contributed by atoms with E-state index in [1.807, 2.05) is 0 Å². The topological polar surface area (TPSA) is 93.2 Å². The van der Waals surface area contributed by atoms with Gasteiger partial charge in [-0.3, -0.25) is 4.21 Å². The lowest BCUT2D eigenvalue weighted by Gasteiger charge is -2.21. The summed E-state index contributed by atoms with van der Waals surface area (Å²) in [4.78, 5) is 0.0897. The first-order valence-electron chi connectivity index (χ1n) is 3.72. The Kier molecular flexibility index (Phi) is 2.06. The Labute approximate surface area is 77.0 Å². The van der Waals surface area contributed by atoms with E-state index in [4.69, 9.17) is 10.5 Å². The highest BCUT2D eigenvalue weighted by Crippen LogP contribution is 2.23. The van der Waals surface area contributed by atoms with Gasteiger partial charge in [0.05, 0.1) is 18.8 Å². The Bertz CT molecular complexity index is 351. The van der Waals surface area contributed by atoms with Gasteiger partial charge in [-0.15, -0.1) is 0 Å². The zero-order valence-electron chi connectivity index (χ0n) is 6.67. The third-order valence-corrected chi connectivity index (χ3v) is 2.42. The molecule has 1 unspecified atom stereocenters. The van der Waals surface area contributed by atoms with Crippen molar-refractivity contribution < 1.29 is 13.5 Å². The molecule has 7 heteroatoms. The molecule has 6 nitrogen and oxygen atoms in total. The largest absolute Gasteiger partial charge is 0.768 e. The van der Waals surface area contributed by atoms with E-state index in [2.05, 4.69) is 5.10 Å². The summed E-state index contributed by atoms with van der Waals surface area (Å²) in [5.74, 6) is 0.287. The van der Waals surface area contributed by atoms with Crippen molar-refractivity contribution in [1.29, 1.82) is 0 Å². The minimum Gasteiger partial charge on any atom is -0.768 e. The van der Waals surface area contributed by atoms with Crippen LogP contribution < -0.4 is 10.5 Å². The fourth-order valence-corrected chi connectivity index (χ4v) is 1.65. The zero-order chi connectivity index (χ0) is 9.42. The molecular weight excluding hydrogens is 194 g/mol. The van der Waals surface area contributed by atoms with E-state index in [0.29, 0.717) is 13.2 Å². The van der Waals surface area contributed by atoms with E-state index < -0.39 is 11.1 Å². The van der Waals surface area contributed by atoms with Crippen molar-refractivity contribution in [3.63, 3.8) is 0 Å². The molecular formula is C6H8N3O3S-. The van der Waals surface area contributed by atoms with E-state index in [-0.39, 0.29) is 16.8 Å². The van der Waals surface area contributed by atoms with Gasteiger partial charge >= 0.3 is 0 Å². The Morgan fingerprint density at radius 3 is 3.31 bits per heavy atom. The van der Waals surface area contributed by atoms with Crippen LogP contribution >= 0.6 is 0 Å². The van der Waals surface area contributed by atoms with E-state index >= 15 is 0 Å². The molecule has 0 radical (unpaired) electrons. The lowest BCUT2D eigenvalue weighted by atomic mass is 10.3. The summed E-state index contributed by atoms with van der Waals surface area (Å²) in [6.07, 6.45) is 1.26. The average Bonchev–Trinajstić information content (AvgIpc) is 2.46. The predicted octanol–water partition coefficient (Wildman–Crippen LogP) is -1.16. The number of rotatable bonds is 1. The van der Waals surface area contributed by atoms with E-state index in [0.717, 1.165) is 0 Å². The quantitative estimate of drug-likeness (QED) is 0.580. The molecule has 0 aromatic carbocycles. The van der Waals surface area contributed by atoms with E-state index in [9.17, 15) is 8.76 Å².